The molecule has 0 bridgehead atoms. The first-order chi connectivity index (χ1) is 11.1. The molecular weight excluding hydrogens is 334 g/mol. The van der Waals surface area contributed by atoms with Gasteiger partial charge in [-0.25, -0.2) is 13.1 Å². The van der Waals surface area contributed by atoms with Gasteiger partial charge in [0.15, 0.2) is 0 Å². The minimum absolute atomic E-state index is 0.366. The first-order valence-corrected chi connectivity index (χ1v) is 10.0. The van der Waals surface area contributed by atoms with Gasteiger partial charge in [-0.1, -0.05) is 43.0 Å². The van der Waals surface area contributed by atoms with Gasteiger partial charge in [-0.05, 0) is 43.0 Å². The van der Waals surface area contributed by atoms with Gasteiger partial charge in [0, 0.05) is 23.6 Å². The van der Waals surface area contributed by atoms with Crippen molar-refractivity contribution in [3.05, 3.63) is 40.3 Å². The van der Waals surface area contributed by atoms with Gasteiger partial charge in [0.1, 0.15) is 0 Å². The van der Waals surface area contributed by atoms with Crippen LogP contribution in [0.2, 0.25) is 5.02 Å². The molecule has 1 aromatic rings. The summed E-state index contributed by atoms with van der Waals surface area (Å²) in [6.45, 7) is 0.994. The van der Waals surface area contributed by atoms with Crippen molar-refractivity contribution in [2.45, 2.75) is 44.6 Å². The summed E-state index contributed by atoms with van der Waals surface area (Å²) >= 11 is 5.79. The zero-order valence-corrected chi connectivity index (χ0v) is 14.8. The summed E-state index contributed by atoms with van der Waals surface area (Å²) in [4.78, 5) is 0. The lowest BCUT2D eigenvalue weighted by Crippen LogP contribution is -2.24. The highest BCUT2D eigenvalue weighted by Gasteiger charge is 2.13. The molecule has 2 rings (SSSR count). The maximum atomic E-state index is 11.9. The molecule has 0 amide bonds. The average Bonchev–Trinajstić information content (AvgIpc) is 2.55. The Bertz CT molecular complexity index is 593. The normalized spacial score (nSPS) is 16.9. The van der Waals surface area contributed by atoms with Gasteiger partial charge < -0.3 is 4.74 Å². The SMILES string of the molecule is O=S(=O)(C=Cc1ccc(Cl)cc1)NCCCOC1CCCCC1. The minimum atomic E-state index is -3.41. The van der Waals surface area contributed by atoms with E-state index in [0.717, 1.165) is 18.4 Å². The standard InChI is InChI=1S/C17H24ClNO3S/c18-16-9-7-15(8-10-16)11-14-23(20,21)19-12-4-13-22-17-5-2-1-3-6-17/h7-11,14,17,19H,1-6,12-13H2. The lowest BCUT2D eigenvalue weighted by Gasteiger charge is -2.21. The van der Waals surface area contributed by atoms with Crippen molar-refractivity contribution >= 4 is 27.7 Å². The number of sulfonamides is 1. The molecule has 1 aromatic carbocycles. The summed E-state index contributed by atoms with van der Waals surface area (Å²) in [5, 5.41) is 1.80. The fraction of sp³-hybridized carbons (Fsp3) is 0.529. The van der Waals surface area contributed by atoms with Crippen molar-refractivity contribution in [3.8, 4) is 0 Å². The number of halogens is 1. The molecule has 0 radical (unpaired) electrons. The molecule has 1 saturated carbocycles. The van der Waals surface area contributed by atoms with E-state index in [1.165, 1.54) is 24.7 Å². The molecule has 1 N–H and O–H groups in total. The Kier molecular flexibility index (Phi) is 7.56. The second-order valence-corrected chi connectivity index (χ2v) is 7.87. The Hall–Kier alpha value is -0.880. The van der Waals surface area contributed by atoms with Crippen molar-refractivity contribution in [1.82, 2.24) is 4.72 Å². The number of benzene rings is 1. The van der Waals surface area contributed by atoms with Crippen molar-refractivity contribution in [1.29, 1.82) is 0 Å². The van der Waals surface area contributed by atoms with Crippen molar-refractivity contribution in [2.75, 3.05) is 13.2 Å². The van der Waals surface area contributed by atoms with E-state index >= 15 is 0 Å². The highest BCUT2D eigenvalue weighted by Crippen LogP contribution is 2.20. The number of ether oxygens (including phenoxy) is 1. The molecule has 0 saturated heterocycles. The molecule has 4 nitrogen and oxygen atoms in total. The third-order valence-electron chi connectivity index (χ3n) is 3.84. The summed E-state index contributed by atoms with van der Waals surface area (Å²) in [6, 6.07) is 6.99. The van der Waals surface area contributed by atoms with Gasteiger partial charge in [0.2, 0.25) is 10.0 Å². The Labute approximate surface area is 143 Å². The third kappa shape index (κ3) is 7.48. The van der Waals surface area contributed by atoms with Crippen LogP contribution in [0.3, 0.4) is 0 Å². The summed E-state index contributed by atoms with van der Waals surface area (Å²) in [7, 11) is -3.41. The monoisotopic (exact) mass is 357 g/mol. The minimum Gasteiger partial charge on any atom is -0.378 e. The maximum absolute atomic E-state index is 11.9. The van der Waals surface area contributed by atoms with Gasteiger partial charge in [-0.15, -0.1) is 0 Å². The maximum Gasteiger partial charge on any atom is 0.233 e. The molecule has 0 atom stereocenters. The Morgan fingerprint density at radius 3 is 2.57 bits per heavy atom. The molecule has 1 aliphatic rings. The van der Waals surface area contributed by atoms with Gasteiger partial charge in [0.05, 0.1) is 6.10 Å². The molecule has 0 heterocycles. The van der Waals surface area contributed by atoms with Crippen molar-refractivity contribution < 1.29 is 13.2 Å². The number of nitrogens with one attached hydrogen (secondary N) is 1. The number of rotatable bonds is 8. The van der Waals surface area contributed by atoms with E-state index in [-0.39, 0.29) is 0 Å². The summed E-state index contributed by atoms with van der Waals surface area (Å²) < 4.78 is 32.1. The highest BCUT2D eigenvalue weighted by molar-refractivity contribution is 7.92. The van der Waals surface area contributed by atoms with Crippen LogP contribution in [0.15, 0.2) is 29.7 Å². The largest absolute Gasteiger partial charge is 0.378 e. The predicted octanol–water partition coefficient (Wildman–Crippen LogP) is 3.97. The highest BCUT2D eigenvalue weighted by atomic mass is 35.5. The molecule has 0 aliphatic heterocycles. The van der Waals surface area contributed by atoms with Crippen LogP contribution in [0.4, 0.5) is 0 Å². The third-order valence-corrected chi connectivity index (χ3v) is 5.19. The Morgan fingerprint density at radius 1 is 1.17 bits per heavy atom. The van der Waals surface area contributed by atoms with Crippen LogP contribution in [0, 0.1) is 0 Å². The molecule has 128 valence electrons. The van der Waals surface area contributed by atoms with Crippen LogP contribution >= 0.6 is 11.6 Å². The van der Waals surface area contributed by atoms with Crippen LogP contribution in [-0.2, 0) is 14.8 Å². The van der Waals surface area contributed by atoms with Gasteiger partial charge in [0.25, 0.3) is 0 Å². The van der Waals surface area contributed by atoms with Crippen molar-refractivity contribution in [2.24, 2.45) is 0 Å². The van der Waals surface area contributed by atoms with Gasteiger partial charge in [-0.3, -0.25) is 0 Å². The van der Waals surface area contributed by atoms with E-state index < -0.39 is 10.0 Å². The molecule has 0 spiro atoms. The van der Waals surface area contributed by atoms with E-state index in [1.807, 2.05) is 0 Å². The van der Waals surface area contributed by atoms with Crippen LogP contribution in [0.5, 0.6) is 0 Å². The molecule has 23 heavy (non-hydrogen) atoms. The molecular formula is C17H24ClNO3S. The van der Waals surface area contributed by atoms with Gasteiger partial charge >= 0.3 is 0 Å². The zero-order valence-electron chi connectivity index (χ0n) is 13.2. The number of hydrogen-bond donors (Lipinski definition) is 1. The summed E-state index contributed by atoms with van der Waals surface area (Å²) in [5.41, 5.74) is 0.792. The van der Waals surface area contributed by atoms with Crippen LogP contribution < -0.4 is 4.72 Å². The van der Waals surface area contributed by atoms with E-state index in [4.69, 9.17) is 16.3 Å². The summed E-state index contributed by atoms with van der Waals surface area (Å²) in [6.07, 6.45) is 8.66. The van der Waals surface area contributed by atoms with Gasteiger partial charge in [-0.2, -0.15) is 0 Å². The zero-order chi connectivity index (χ0) is 16.5. The molecule has 1 aliphatic carbocycles. The van der Waals surface area contributed by atoms with Crippen molar-refractivity contribution in [3.63, 3.8) is 0 Å². The second kappa shape index (κ2) is 9.42. The quantitative estimate of drug-likeness (QED) is 0.716. The lowest BCUT2D eigenvalue weighted by atomic mass is 9.98. The topological polar surface area (TPSA) is 55.4 Å². The van der Waals surface area contributed by atoms with Crippen LogP contribution in [-0.4, -0.2) is 27.7 Å². The first-order valence-electron chi connectivity index (χ1n) is 8.10. The predicted molar refractivity (Wildman–Crippen MR) is 94.9 cm³/mol. The number of hydrogen-bond acceptors (Lipinski definition) is 3. The van der Waals surface area contributed by atoms with E-state index in [9.17, 15) is 8.42 Å². The van der Waals surface area contributed by atoms with Crippen LogP contribution in [0.1, 0.15) is 44.1 Å². The fourth-order valence-corrected chi connectivity index (χ4v) is 3.55. The molecule has 0 aromatic heterocycles. The summed E-state index contributed by atoms with van der Waals surface area (Å²) in [5.74, 6) is 0. The molecule has 0 unspecified atom stereocenters. The van der Waals surface area contributed by atoms with E-state index in [2.05, 4.69) is 4.72 Å². The second-order valence-electron chi connectivity index (χ2n) is 5.78. The van der Waals surface area contributed by atoms with Crippen LogP contribution in [0.25, 0.3) is 6.08 Å². The molecule has 6 heteroatoms. The average molecular weight is 358 g/mol. The molecule has 1 fully saturated rings. The first kappa shape index (κ1) is 18.5. The van der Waals surface area contributed by atoms with E-state index in [0.29, 0.717) is 30.7 Å². The smallest absolute Gasteiger partial charge is 0.233 e. The lowest BCUT2D eigenvalue weighted by molar-refractivity contribution is 0.0278. The van der Waals surface area contributed by atoms with E-state index in [1.54, 1.807) is 30.3 Å². The Balaban J connectivity index is 1.66. The Morgan fingerprint density at radius 2 is 1.87 bits per heavy atom. The fourth-order valence-electron chi connectivity index (χ4n) is 2.56.